The second-order valence-electron chi connectivity index (χ2n) is 2.58. The molecular weight excluding hydrogens is 182 g/mol. The van der Waals surface area contributed by atoms with Crippen molar-refractivity contribution >= 4 is 12.0 Å². The van der Waals surface area contributed by atoms with Gasteiger partial charge in [0.25, 0.3) is 0 Å². The SMILES string of the molecule is COC(=O)c1cncc(C=CCO)c1. The Morgan fingerprint density at radius 1 is 1.64 bits per heavy atom. The van der Waals surface area contributed by atoms with Crippen LogP contribution in [0.3, 0.4) is 0 Å². The first-order chi connectivity index (χ1) is 6.77. The van der Waals surface area contributed by atoms with Crippen LogP contribution >= 0.6 is 0 Å². The Morgan fingerprint density at radius 3 is 3.07 bits per heavy atom. The maximum Gasteiger partial charge on any atom is 0.339 e. The van der Waals surface area contributed by atoms with Crippen LogP contribution in [0.1, 0.15) is 15.9 Å². The molecule has 0 saturated heterocycles. The fourth-order valence-electron chi connectivity index (χ4n) is 0.967. The van der Waals surface area contributed by atoms with Crippen LogP contribution in [0, 0.1) is 0 Å². The Bertz CT molecular complexity index is 347. The molecule has 1 N–H and O–H groups in total. The quantitative estimate of drug-likeness (QED) is 0.724. The summed E-state index contributed by atoms with van der Waals surface area (Å²) in [4.78, 5) is 15.0. The molecule has 4 nitrogen and oxygen atoms in total. The van der Waals surface area contributed by atoms with Gasteiger partial charge in [-0.25, -0.2) is 4.79 Å². The zero-order chi connectivity index (χ0) is 10.4. The van der Waals surface area contributed by atoms with E-state index in [1.165, 1.54) is 13.3 Å². The molecule has 1 rings (SSSR count). The number of methoxy groups -OCH3 is 1. The molecule has 0 bridgehead atoms. The number of rotatable bonds is 3. The van der Waals surface area contributed by atoms with Crippen molar-refractivity contribution in [2.24, 2.45) is 0 Å². The molecule has 1 aromatic heterocycles. The Labute approximate surface area is 81.9 Å². The Hall–Kier alpha value is -1.68. The van der Waals surface area contributed by atoms with E-state index in [2.05, 4.69) is 9.72 Å². The number of carbonyl (C=O) groups is 1. The lowest BCUT2D eigenvalue weighted by Gasteiger charge is -1.98. The van der Waals surface area contributed by atoms with Crippen LogP contribution in [0.25, 0.3) is 6.08 Å². The number of ether oxygens (including phenoxy) is 1. The van der Waals surface area contributed by atoms with Crippen LogP contribution in [0.2, 0.25) is 0 Å². The molecule has 0 aliphatic carbocycles. The van der Waals surface area contributed by atoms with Crippen molar-refractivity contribution in [2.45, 2.75) is 0 Å². The first-order valence-electron chi connectivity index (χ1n) is 4.08. The fourth-order valence-corrected chi connectivity index (χ4v) is 0.967. The van der Waals surface area contributed by atoms with E-state index < -0.39 is 5.97 Å². The molecule has 0 fully saturated rings. The topological polar surface area (TPSA) is 59.4 Å². The van der Waals surface area contributed by atoms with E-state index in [0.717, 1.165) is 5.56 Å². The Balaban J connectivity index is 2.89. The highest BCUT2D eigenvalue weighted by Gasteiger charge is 2.04. The van der Waals surface area contributed by atoms with Crippen LogP contribution in [-0.2, 0) is 4.74 Å². The third kappa shape index (κ3) is 2.67. The summed E-state index contributed by atoms with van der Waals surface area (Å²) in [7, 11) is 1.32. The molecular formula is C10H11NO3. The van der Waals surface area contributed by atoms with Crippen molar-refractivity contribution < 1.29 is 14.6 Å². The molecule has 4 heteroatoms. The first kappa shape index (κ1) is 10.4. The number of carbonyl (C=O) groups excluding carboxylic acids is 1. The summed E-state index contributed by atoms with van der Waals surface area (Å²) in [6.07, 6.45) is 6.28. The molecule has 0 aliphatic rings. The van der Waals surface area contributed by atoms with Crippen LogP contribution in [-0.4, -0.2) is 29.8 Å². The number of aromatic nitrogens is 1. The van der Waals surface area contributed by atoms with Gasteiger partial charge in [0.2, 0.25) is 0 Å². The Morgan fingerprint density at radius 2 is 2.43 bits per heavy atom. The van der Waals surface area contributed by atoms with Crippen molar-refractivity contribution in [1.29, 1.82) is 0 Å². The first-order valence-corrected chi connectivity index (χ1v) is 4.08. The summed E-state index contributed by atoms with van der Waals surface area (Å²) in [5.74, 6) is -0.420. The van der Waals surface area contributed by atoms with E-state index in [-0.39, 0.29) is 6.61 Å². The van der Waals surface area contributed by atoms with Gasteiger partial charge >= 0.3 is 5.97 Å². The summed E-state index contributed by atoms with van der Waals surface area (Å²) in [6, 6.07) is 1.64. The zero-order valence-electron chi connectivity index (χ0n) is 7.80. The molecule has 0 unspecified atom stereocenters. The normalized spacial score (nSPS) is 10.4. The molecule has 0 radical (unpaired) electrons. The molecule has 0 aromatic carbocycles. The average Bonchev–Trinajstić information content (AvgIpc) is 2.25. The monoisotopic (exact) mass is 193 g/mol. The lowest BCUT2D eigenvalue weighted by Crippen LogP contribution is -2.01. The largest absolute Gasteiger partial charge is 0.465 e. The third-order valence-electron chi connectivity index (χ3n) is 1.60. The van der Waals surface area contributed by atoms with Gasteiger partial charge in [0.1, 0.15) is 0 Å². The predicted molar refractivity (Wildman–Crippen MR) is 51.7 cm³/mol. The highest BCUT2D eigenvalue weighted by atomic mass is 16.5. The molecule has 0 atom stereocenters. The summed E-state index contributed by atoms with van der Waals surface area (Å²) in [6.45, 7) is -0.0392. The summed E-state index contributed by atoms with van der Waals surface area (Å²) < 4.78 is 4.54. The lowest BCUT2D eigenvalue weighted by atomic mass is 10.2. The van der Waals surface area contributed by atoms with Crippen molar-refractivity contribution in [2.75, 3.05) is 13.7 Å². The van der Waals surface area contributed by atoms with Gasteiger partial charge in [-0.15, -0.1) is 0 Å². The van der Waals surface area contributed by atoms with Gasteiger partial charge in [-0.2, -0.15) is 0 Å². The van der Waals surface area contributed by atoms with Crippen LogP contribution in [0.4, 0.5) is 0 Å². The number of aliphatic hydroxyl groups excluding tert-OH is 1. The second kappa shape index (κ2) is 5.14. The fraction of sp³-hybridized carbons (Fsp3) is 0.200. The predicted octanol–water partition coefficient (Wildman–Crippen LogP) is 0.874. The van der Waals surface area contributed by atoms with Gasteiger partial charge < -0.3 is 9.84 Å². The molecule has 14 heavy (non-hydrogen) atoms. The Kier molecular flexibility index (Phi) is 3.82. The lowest BCUT2D eigenvalue weighted by molar-refractivity contribution is 0.0600. The van der Waals surface area contributed by atoms with E-state index in [0.29, 0.717) is 5.56 Å². The van der Waals surface area contributed by atoms with Gasteiger partial charge in [0.05, 0.1) is 19.3 Å². The number of esters is 1. The van der Waals surface area contributed by atoms with E-state index in [9.17, 15) is 4.79 Å². The molecule has 74 valence electrons. The van der Waals surface area contributed by atoms with Crippen LogP contribution < -0.4 is 0 Å². The number of hydrogen-bond acceptors (Lipinski definition) is 4. The highest BCUT2D eigenvalue weighted by Crippen LogP contribution is 2.05. The second-order valence-corrected chi connectivity index (χ2v) is 2.58. The smallest absolute Gasteiger partial charge is 0.339 e. The molecule has 0 spiro atoms. The number of nitrogens with zero attached hydrogens (tertiary/aromatic N) is 1. The standard InChI is InChI=1S/C10H11NO3/c1-14-10(13)9-5-8(3-2-4-12)6-11-7-9/h2-3,5-7,12H,4H2,1H3. The number of aliphatic hydroxyl groups is 1. The van der Waals surface area contributed by atoms with E-state index in [4.69, 9.17) is 5.11 Å². The van der Waals surface area contributed by atoms with E-state index >= 15 is 0 Å². The molecule has 0 aliphatic heterocycles. The number of pyridine rings is 1. The summed E-state index contributed by atoms with van der Waals surface area (Å²) in [5.41, 5.74) is 1.15. The van der Waals surface area contributed by atoms with Gasteiger partial charge in [-0.3, -0.25) is 4.98 Å². The minimum absolute atomic E-state index is 0.0392. The maximum absolute atomic E-state index is 11.1. The number of hydrogen-bond donors (Lipinski definition) is 1. The zero-order valence-corrected chi connectivity index (χ0v) is 7.80. The van der Waals surface area contributed by atoms with Gasteiger partial charge in [0, 0.05) is 12.4 Å². The van der Waals surface area contributed by atoms with Gasteiger partial charge in [-0.1, -0.05) is 12.2 Å². The molecule has 1 heterocycles. The van der Waals surface area contributed by atoms with Crippen molar-refractivity contribution in [3.63, 3.8) is 0 Å². The maximum atomic E-state index is 11.1. The minimum atomic E-state index is -0.420. The molecule has 0 saturated carbocycles. The van der Waals surface area contributed by atoms with Crippen LogP contribution in [0.5, 0.6) is 0 Å². The van der Waals surface area contributed by atoms with Gasteiger partial charge in [-0.05, 0) is 11.6 Å². The summed E-state index contributed by atoms with van der Waals surface area (Å²) >= 11 is 0. The summed E-state index contributed by atoms with van der Waals surface area (Å²) in [5, 5.41) is 8.55. The van der Waals surface area contributed by atoms with Crippen LogP contribution in [0.15, 0.2) is 24.5 Å². The van der Waals surface area contributed by atoms with Crippen molar-refractivity contribution in [3.05, 3.63) is 35.7 Å². The van der Waals surface area contributed by atoms with Crippen molar-refractivity contribution in [3.8, 4) is 0 Å². The minimum Gasteiger partial charge on any atom is -0.465 e. The van der Waals surface area contributed by atoms with Gasteiger partial charge in [0.15, 0.2) is 0 Å². The average molecular weight is 193 g/mol. The molecule has 0 amide bonds. The van der Waals surface area contributed by atoms with E-state index in [1.54, 1.807) is 24.4 Å². The van der Waals surface area contributed by atoms with E-state index in [1.807, 2.05) is 0 Å². The highest BCUT2D eigenvalue weighted by molar-refractivity contribution is 5.89. The third-order valence-corrected chi connectivity index (χ3v) is 1.60. The van der Waals surface area contributed by atoms with Crippen molar-refractivity contribution in [1.82, 2.24) is 4.98 Å². The molecule has 1 aromatic rings.